The fourth-order valence-corrected chi connectivity index (χ4v) is 4.70. The number of nitrogens with zero attached hydrogens (tertiary/aromatic N) is 1. The molecule has 1 aliphatic rings. The Morgan fingerprint density at radius 1 is 1.03 bits per heavy atom. The number of nitrogens with one attached hydrogen (secondary N) is 1. The zero-order valence-corrected chi connectivity index (χ0v) is 17.4. The van der Waals surface area contributed by atoms with Crippen LogP contribution in [0.5, 0.6) is 5.75 Å². The molecule has 152 valence electrons. The van der Waals surface area contributed by atoms with Crippen LogP contribution in [0.15, 0.2) is 83.8 Å². The van der Waals surface area contributed by atoms with Gasteiger partial charge in [0.25, 0.3) is 0 Å². The minimum atomic E-state index is -0.225. The van der Waals surface area contributed by atoms with E-state index in [1.165, 1.54) is 0 Å². The zero-order valence-electron chi connectivity index (χ0n) is 16.6. The fourth-order valence-electron chi connectivity index (χ4n) is 3.42. The van der Waals surface area contributed by atoms with E-state index < -0.39 is 0 Å². The first-order chi connectivity index (χ1) is 14.6. The number of carbonyl (C=O) groups is 2. The van der Waals surface area contributed by atoms with Crippen molar-refractivity contribution in [3.63, 3.8) is 0 Å². The first kappa shape index (κ1) is 20.0. The summed E-state index contributed by atoms with van der Waals surface area (Å²) in [7, 11) is 1.63. The van der Waals surface area contributed by atoms with E-state index in [2.05, 4.69) is 5.32 Å². The molecule has 0 unspecified atom stereocenters. The number of fused-ring (bicyclic) bond motifs is 1. The van der Waals surface area contributed by atoms with Crippen molar-refractivity contribution in [2.24, 2.45) is 0 Å². The molecular formula is C24H22N2O3S. The maximum absolute atomic E-state index is 13.2. The first-order valence-electron chi connectivity index (χ1n) is 9.69. The summed E-state index contributed by atoms with van der Waals surface area (Å²) in [6.07, 6.45) is 0.310. The number of ether oxygens (including phenoxy) is 1. The molecule has 0 fully saturated rings. The molecule has 3 aromatic carbocycles. The van der Waals surface area contributed by atoms with Crippen molar-refractivity contribution in [1.82, 2.24) is 0 Å². The lowest BCUT2D eigenvalue weighted by atomic mass is 10.1. The van der Waals surface area contributed by atoms with Gasteiger partial charge in [0.1, 0.15) is 12.3 Å². The van der Waals surface area contributed by atoms with Gasteiger partial charge in [0.05, 0.1) is 12.8 Å². The number of methoxy groups -OCH3 is 1. The molecule has 0 bridgehead atoms. The molecule has 0 spiro atoms. The molecule has 4 rings (SSSR count). The molecule has 0 saturated heterocycles. The highest BCUT2D eigenvalue weighted by Gasteiger charge is 2.30. The number of anilines is 2. The topological polar surface area (TPSA) is 58.6 Å². The highest BCUT2D eigenvalue weighted by molar-refractivity contribution is 7.99. The quantitative estimate of drug-likeness (QED) is 0.640. The van der Waals surface area contributed by atoms with Crippen LogP contribution < -0.4 is 15.0 Å². The van der Waals surface area contributed by atoms with Crippen LogP contribution in [0.25, 0.3) is 0 Å². The summed E-state index contributed by atoms with van der Waals surface area (Å²) < 4.78 is 5.24. The summed E-state index contributed by atoms with van der Waals surface area (Å²) in [5.41, 5.74) is 2.54. The number of rotatable bonds is 5. The van der Waals surface area contributed by atoms with Crippen LogP contribution in [0, 0.1) is 0 Å². The second-order valence-corrected chi connectivity index (χ2v) is 8.19. The van der Waals surface area contributed by atoms with E-state index >= 15 is 0 Å². The van der Waals surface area contributed by atoms with Crippen molar-refractivity contribution in [2.45, 2.75) is 16.6 Å². The molecule has 0 aromatic heterocycles. The number of carbonyl (C=O) groups excluding carboxylic acids is 2. The number of amides is 2. The molecule has 2 amide bonds. The van der Waals surface area contributed by atoms with Crippen LogP contribution in [0.1, 0.15) is 17.2 Å². The predicted octanol–water partition coefficient (Wildman–Crippen LogP) is 4.90. The van der Waals surface area contributed by atoms with Crippen molar-refractivity contribution in [1.29, 1.82) is 0 Å². The van der Waals surface area contributed by atoms with Crippen LogP contribution in [0.4, 0.5) is 11.4 Å². The smallest absolute Gasteiger partial charge is 0.244 e. The van der Waals surface area contributed by atoms with E-state index in [0.29, 0.717) is 12.1 Å². The lowest BCUT2D eigenvalue weighted by Gasteiger charge is -2.22. The molecule has 1 aliphatic heterocycles. The number of hydrogen-bond acceptors (Lipinski definition) is 4. The Hall–Kier alpha value is -3.25. The minimum Gasteiger partial charge on any atom is -0.497 e. The molecular weight excluding hydrogens is 396 g/mol. The van der Waals surface area contributed by atoms with Gasteiger partial charge in [0.2, 0.25) is 11.8 Å². The number of para-hydroxylation sites is 2. The third-order valence-electron chi connectivity index (χ3n) is 4.93. The maximum atomic E-state index is 13.2. The predicted molar refractivity (Wildman–Crippen MR) is 120 cm³/mol. The zero-order chi connectivity index (χ0) is 20.9. The second-order valence-electron chi connectivity index (χ2n) is 6.95. The standard InChI is InChI=1S/C24H22N2O3S/c1-29-19-13-11-17(12-14-19)22-15-24(28)26(20-9-5-6-10-21(20)30-22)16-23(27)25-18-7-3-2-4-8-18/h2-14,22H,15-16H2,1H3,(H,25,27)/t22-/m1/s1. The Morgan fingerprint density at radius 3 is 2.47 bits per heavy atom. The van der Waals surface area contributed by atoms with Gasteiger partial charge in [0.15, 0.2) is 0 Å². The summed E-state index contributed by atoms with van der Waals surface area (Å²) in [5.74, 6) is 0.483. The van der Waals surface area contributed by atoms with E-state index in [1.54, 1.807) is 23.8 Å². The van der Waals surface area contributed by atoms with Gasteiger partial charge in [-0.3, -0.25) is 9.59 Å². The summed E-state index contributed by atoms with van der Waals surface area (Å²) in [6.45, 7) is -0.0271. The number of hydrogen-bond donors (Lipinski definition) is 1. The average Bonchev–Trinajstić information content (AvgIpc) is 2.91. The Bertz CT molecular complexity index is 1040. The third kappa shape index (κ3) is 4.49. The fraction of sp³-hybridized carbons (Fsp3) is 0.167. The van der Waals surface area contributed by atoms with Gasteiger partial charge in [-0.15, -0.1) is 11.8 Å². The van der Waals surface area contributed by atoms with Crippen molar-refractivity contribution >= 4 is 35.0 Å². The van der Waals surface area contributed by atoms with E-state index in [1.807, 2.05) is 78.9 Å². The third-order valence-corrected chi connectivity index (χ3v) is 6.26. The van der Waals surface area contributed by atoms with E-state index in [0.717, 1.165) is 21.9 Å². The monoisotopic (exact) mass is 418 g/mol. The molecule has 6 heteroatoms. The van der Waals surface area contributed by atoms with E-state index in [-0.39, 0.29) is 23.6 Å². The lowest BCUT2D eigenvalue weighted by Crippen LogP contribution is -2.38. The number of thioether (sulfide) groups is 1. The van der Waals surface area contributed by atoms with E-state index in [4.69, 9.17) is 4.74 Å². The van der Waals surface area contributed by atoms with Gasteiger partial charge >= 0.3 is 0 Å². The lowest BCUT2D eigenvalue weighted by molar-refractivity contribution is -0.121. The van der Waals surface area contributed by atoms with Gasteiger partial charge in [-0.1, -0.05) is 42.5 Å². The summed E-state index contributed by atoms with van der Waals surface area (Å²) in [4.78, 5) is 28.4. The maximum Gasteiger partial charge on any atom is 0.244 e. The highest BCUT2D eigenvalue weighted by Crippen LogP contribution is 2.45. The first-order valence-corrected chi connectivity index (χ1v) is 10.6. The summed E-state index contributed by atoms with van der Waals surface area (Å²) in [5, 5.41) is 2.83. The molecule has 0 radical (unpaired) electrons. The van der Waals surface area contributed by atoms with Crippen molar-refractivity contribution in [3.05, 3.63) is 84.4 Å². The Morgan fingerprint density at radius 2 is 1.73 bits per heavy atom. The van der Waals surface area contributed by atoms with Gasteiger partial charge < -0.3 is 15.0 Å². The van der Waals surface area contributed by atoms with Crippen LogP contribution in [-0.4, -0.2) is 25.5 Å². The van der Waals surface area contributed by atoms with Crippen LogP contribution in [0.3, 0.4) is 0 Å². The van der Waals surface area contributed by atoms with E-state index in [9.17, 15) is 9.59 Å². The Kier molecular flexibility index (Phi) is 6.05. The average molecular weight is 419 g/mol. The normalized spacial score (nSPS) is 15.8. The molecule has 0 aliphatic carbocycles. The number of benzene rings is 3. The SMILES string of the molecule is COc1ccc([C@H]2CC(=O)N(CC(=O)Nc3ccccc3)c3ccccc3S2)cc1. The molecule has 1 N–H and O–H groups in total. The molecule has 5 nitrogen and oxygen atoms in total. The second kappa shape index (κ2) is 9.05. The molecule has 1 atom stereocenters. The van der Waals surface area contributed by atoms with Crippen molar-refractivity contribution < 1.29 is 14.3 Å². The van der Waals surface area contributed by atoms with Gasteiger partial charge in [-0.05, 0) is 42.0 Å². The van der Waals surface area contributed by atoms with Crippen LogP contribution >= 0.6 is 11.8 Å². The van der Waals surface area contributed by atoms with Crippen molar-refractivity contribution in [2.75, 3.05) is 23.9 Å². The molecule has 1 heterocycles. The van der Waals surface area contributed by atoms with Gasteiger partial charge in [-0.2, -0.15) is 0 Å². The highest BCUT2D eigenvalue weighted by atomic mass is 32.2. The Labute approximate surface area is 180 Å². The van der Waals surface area contributed by atoms with Gasteiger partial charge in [0, 0.05) is 22.3 Å². The Balaban J connectivity index is 1.58. The summed E-state index contributed by atoms with van der Waals surface area (Å²) >= 11 is 1.65. The van der Waals surface area contributed by atoms with Gasteiger partial charge in [-0.25, -0.2) is 0 Å². The largest absolute Gasteiger partial charge is 0.497 e. The van der Waals surface area contributed by atoms with Crippen LogP contribution in [0.2, 0.25) is 0 Å². The minimum absolute atomic E-state index is 0.0271. The van der Waals surface area contributed by atoms with Crippen molar-refractivity contribution in [3.8, 4) is 5.75 Å². The summed E-state index contributed by atoms with van der Waals surface area (Å²) in [6, 6.07) is 24.8. The molecule has 0 saturated carbocycles. The molecule has 30 heavy (non-hydrogen) atoms. The van der Waals surface area contributed by atoms with Crippen LogP contribution in [-0.2, 0) is 9.59 Å². The molecule has 3 aromatic rings.